The lowest BCUT2D eigenvalue weighted by Crippen LogP contribution is -2.45. The van der Waals surface area contributed by atoms with Crippen LogP contribution in [0, 0.1) is 0 Å². The zero-order chi connectivity index (χ0) is 43.7. The summed E-state index contributed by atoms with van der Waals surface area (Å²) in [6.07, 6.45) is 61.2. The number of ether oxygens (including phenoxy) is 1. The Bertz CT molecular complexity index is 1020. The van der Waals surface area contributed by atoms with Gasteiger partial charge in [0.2, 0.25) is 5.91 Å². The summed E-state index contributed by atoms with van der Waals surface area (Å²) in [5.41, 5.74) is 0. The molecule has 2 unspecified atom stereocenters. The van der Waals surface area contributed by atoms with Gasteiger partial charge in [0, 0.05) is 12.8 Å². The van der Waals surface area contributed by atoms with Crippen LogP contribution in [0.4, 0.5) is 0 Å². The van der Waals surface area contributed by atoms with Crippen LogP contribution in [0.1, 0.15) is 258 Å². The topological polar surface area (TPSA) is 95.9 Å². The summed E-state index contributed by atoms with van der Waals surface area (Å²) in [6, 6.07) is -0.672. The lowest BCUT2D eigenvalue weighted by Gasteiger charge is -2.19. The second-order valence-electron chi connectivity index (χ2n) is 17.5. The Kier molecular flexibility index (Phi) is 47.7. The van der Waals surface area contributed by atoms with E-state index in [-0.39, 0.29) is 18.5 Å². The molecule has 0 radical (unpaired) electrons. The number of unbranched alkanes of at least 4 members (excludes halogenated alkanes) is 30. The number of esters is 1. The molecule has 0 aromatic rings. The largest absolute Gasteiger partial charge is 0.466 e. The third kappa shape index (κ3) is 45.3. The Hall–Kier alpha value is -2.18. The minimum Gasteiger partial charge on any atom is -0.466 e. The molecule has 0 fully saturated rings. The van der Waals surface area contributed by atoms with Crippen LogP contribution < -0.4 is 5.32 Å². The number of aliphatic hydroxyl groups excluding tert-OH is 2. The zero-order valence-corrected chi connectivity index (χ0v) is 39.7. The summed E-state index contributed by atoms with van der Waals surface area (Å²) in [5, 5.41) is 22.9. The van der Waals surface area contributed by atoms with Crippen molar-refractivity contribution in [1.29, 1.82) is 0 Å². The molecule has 60 heavy (non-hydrogen) atoms. The van der Waals surface area contributed by atoms with Crippen LogP contribution in [0.15, 0.2) is 48.6 Å². The number of allylic oxidation sites excluding steroid dienone is 7. The molecule has 0 heterocycles. The average molecular weight is 842 g/mol. The van der Waals surface area contributed by atoms with Crippen molar-refractivity contribution >= 4 is 11.9 Å². The van der Waals surface area contributed by atoms with Gasteiger partial charge < -0.3 is 20.3 Å². The highest BCUT2D eigenvalue weighted by atomic mass is 16.5. The number of carbonyl (C=O) groups is 2. The summed E-state index contributed by atoms with van der Waals surface area (Å²) in [4.78, 5) is 24.4. The third-order valence-corrected chi connectivity index (χ3v) is 11.6. The first-order chi connectivity index (χ1) is 29.5. The fourth-order valence-electron chi connectivity index (χ4n) is 7.56. The first-order valence-corrected chi connectivity index (χ1v) is 25.9. The Morgan fingerprint density at radius 1 is 0.467 bits per heavy atom. The van der Waals surface area contributed by atoms with Gasteiger partial charge in [0.25, 0.3) is 0 Å². The molecule has 1 amide bonds. The van der Waals surface area contributed by atoms with Gasteiger partial charge in [-0.25, -0.2) is 0 Å². The highest BCUT2D eigenvalue weighted by Crippen LogP contribution is 2.14. The molecule has 2 atom stereocenters. The monoisotopic (exact) mass is 842 g/mol. The van der Waals surface area contributed by atoms with Crippen LogP contribution in [0.2, 0.25) is 0 Å². The molecule has 0 aliphatic rings. The molecule has 350 valence electrons. The van der Waals surface area contributed by atoms with Gasteiger partial charge in [0.15, 0.2) is 0 Å². The minimum atomic E-state index is -0.879. The lowest BCUT2D eigenvalue weighted by molar-refractivity contribution is -0.143. The van der Waals surface area contributed by atoms with E-state index >= 15 is 0 Å². The molecule has 0 saturated heterocycles. The standard InChI is InChI=1S/C54H99NO5/c1-3-5-7-9-11-13-15-17-18-19-20-24-28-32-36-40-44-48-54(59)60-49-45-41-37-33-29-25-21-23-27-31-35-39-43-47-53(58)55-51(50-56)52(57)46-42-38-34-30-26-22-16-14-12-10-8-6-4-2/h17-18,23,27,35,39,42,46,51-52,56-57H,3-16,19-22,24-26,28-34,36-38,40-41,43-45,47-50H2,1-2H3,(H,55,58)/b18-17-,27-23-,39-35-,46-42+. The second kappa shape index (κ2) is 49.5. The average Bonchev–Trinajstić information content (AvgIpc) is 3.25. The third-order valence-electron chi connectivity index (χ3n) is 11.6. The summed E-state index contributed by atoms with van der Waals surface area (Å²) in [6.45, 7) is 4.82. The number of amides is 1. The van der Waals surface area contributed by atoms with Crippen molar-refractivity contribution in [2.24, 2.45) is 0 Å². The first-order valence-electron chi connectivity index (χ1n) is 25.9. The highest BCUT2D eigenvalue weighted by molar-refractivity contribution is 5.76. The van der Waals surface area contributed by atoms with Crippen LogP contribution in [-0.2, 0) is 14.3 Å². The van der Waals surface area contributed by atoms with Crippen molar-refractivity contribution in [2.45, 2.75) is 270 Å². The van der Waals surface area contributed by atoms with Crippen molar-refractivity contribution in [1.82, 2.24) is 5.32 Å². The Balaban J connectivity index is 3.57. The molecule has 0 rings (SSSR count). The SMILES string of the molecule is CCCCCCCC/C=C\CCCCCCCCCC(=O)OCCCCCCCC/C=C\C/C=C\CCC(=O)NC(CO)C(O)/C=C/CCCCCCCCCCCCC. The quantitative estimate of drug-likeness (QED) is 0.0322. The molecular formula is C54H99NO5. The maximum atomic E-state index is 12.4. The molecule has 0 bridgehead atoms. The van der Waals surface area contributed by atoms with Crippen molar-refractivity contribution in [2.75, 3.05) is 13.2 Å². The number of hydrogen-bond donors (Lipinski definition) is 3. The van der Waals surface area contributed by atoms with Crippen LogP contribution in [-0.4, -0.2) is 47.4 Å². The zero-order valence-electron chi connectivity index (χ0n) is 39.7. The van der Waals surface area contributed by atoms with E-state index in [1.54, 1.807) is 6.08 Å². The van der Waals surface area contributed by atoms with Crippen LogP contribution in [0.25, 0.3) is 0 Å². The number of aliphatic hydroxyl groups is 2. The summed E-state index contributed by atoms with van der Waals surface area (Å²) < 4.78 is 5.46. The maximum Gasteiger partial charge on any atom is 0.305 e. The van der Waals surface area contributed by atoms with E-state index in [0.717, 1.165) is 51.4 Å². The van der Waals surface area contributed by atoms with Crippen molar-refractivity contribution < 1.29 is 24.5 Å². The van der Waals surface area contributed by atoms with E-state index in [9.17, 15) is 19.8 Å². The van der Waals surface area contributed by atoms with E-state index in [1.807, 2.05) is 12.2 Å². The molecule has 0 aliphatic heterocycles. The molecule has 0 aliphatic carbocycles. The number of hydrogen-bond acceptors (Lipinski definition) is 5. The van der Waals surface area contributed by atoms with E-state index < -0.39 is 12.1 Å². The molecule has 0 saturated carbocycles. The predicted molar refractivity (Wildman–Crippen MR) is 259 cm³/mol. The van der Waals surface area contributed by atoms with Gasteiger partial charge in [-0.1, -0.05) is 217 Å². The molecule has 6 nitrogen and oxygen atoms in total. The Morgan fingerprint density at radius 2 is 0.850 bits per heavy atom. The van der Waals surface area contributed by atoms with E-state index in [1.165, 1.54) is 173 Å². The van der Waals surface area contributed by atoms with Gasteiger partial charge in [-0.15, -0.1) is 0 Å². The molecule has 0 aromatic carbocycles. The van der Waals surface area contributed by atoms with Crippen molar-refractivity contribution in [3.63, 3.8) is 0 Å². The van der Waals surface area contributed by atoms with Gasteiger partial charge in [-0.05, 0) is 77.0 Å². The summed E-state index contributed by atoms with van der Waals surface area (Å²) >= 11 is 0. The van der Waals surface area contributed by atoms with E-state index in [0.29, 0.717) is 25.9 Å². The van der Waals surface area contributed by atoms with Gasteiger partial charge in [0.1, 0.15) is 0 Å². The van der Waals surface area contributed by atoms with E-state index in [2.05, 4.69) is 49.5 Å². The maximum absolute atomic E-state index is 12.4. The normalized spacial score (nSPS) is 13.1. The summed E-state index contributed by atoms with van der Waals surface area (Å²) in [5.74, 6) is -0.173. The molecule has 6 heteroatoms. The predicted octanol–water partition coefficient (Wildman–Crippen LogP) is 15.5. The van der Waals surface area contributed by atoms with Gasteiger partial charge in [-0.2, -0.15) is 0 Å². The van der Waals surface area contributed by atoms with Gasteiger partial charge in [-0.3, -0.25) is 9.59 Å². The van der Waals surface area contributed by atoms with Crippen LogP contribution in [0.5, 0.6) is 0 Å². The highest BCUT2D eigenvalue weighted by Gasteiger charge is 2.17. The van der Waals surface area contributed by atoms with Crippen LogP contribution in [0.3, 0.4) is 0 Å². The fraction of sp³-hybridized carbons (Fsp3) is 0.815. The van der Waals surface area contributed by atoms with E-state index in [4.69, 9.17) is 4.74 Å². The molecule has 0 aromatic heterocycles. The smallest absolute Gasteiger partial charge is 0.305 e. The van der Waals surface area contributed by atoms with Crippen LogP contribution >= 0.6 is 0 Å². The molecule has 0 spiro atoms. The second-order valence-corrected chi connectivity index (χ2v) is 17.5. The fourth-order valence-corrected chi connectivity index (χ4v) is 7.56. The summed E-state index contributed by atoms with van der Waals surface area (Å²) in [7, 11) is 0. The van der Waals surface area contributed by atoms with Gasteiger partial charge in [0.05, 0.1) is 25.4 Å². The van der Waals surface area contributed by atoms with Gasteiger partial charge >= 0.3 is 5.97 Å². The number of carbonyl (C=O) groups excluding carboxylic acids is 2. The van der Waals surface area contributed by atoms with Crippen molar-refractivity contribution in [3.8, 4) is 0 Å². The van der Waals surface area contributed by atoms with Crippen molar-refractivity contribution in [3.05, 3.63) is 48.6 Å². The molecular weight excluding hydrogens is 743 g/mol. The Morgan fingerprint density at radius 3 is 1.32 bits per heavy atom. The number of nitrogens with one attached hydrogen (secondary N) is 1. The lowest BCUT2D eigenvalue weighted by atomic mass is 10.0. The number of rotatable bonds is 47. The molecule has 3 N–H and O–H groups in total. The first kappa shape index (κ1) is 57.8. The Labute approximate surface area is 372 Å². The minimum absolute atomic E-state index is 0.0228.